The third-order valence-corrected chi connectivity index (χ3v) is 4.78. The molecule has 0 N–H and O–H groups in total. The Morgan fingerprint density at radius 2 is 2.19 bits per heavy atom. The summed E-state index contributed by atoms with van der Waals surface area (Å²) in [5.41, 5.74) is -1.17. The number of halogens is 2. The van der Waals surface area contributed by atoms with Crippen LogP contribution in [0.4, 0.5) is 4.39 Å². The van der Waals surface area contributed by atoms with Crippen LogP contribution >= 0.6 is 11.6 Å². The lowest BCUT2D eigenvalue weighted by Gasteiger charge is -2.21. The highest BCUT2D eigenvalue weighted by molar-refractivity contribution is 7.90. The normalized spacial score (nSPS) is 22.5. The van der Waals surface area contributed by atoms with Gasteiger partial charge in [-0.15, -0.1) is 0 Å². The van der Waals surface area contributed by atoms with Crippen molar-refractivity contribution in [3.8, 4) is 0 Å². The molecule has 0 unspecified atom stereocenters. The Morgan fingerprint density at radius 3 is 2.81 bits per heavy atom. The fourth-order valence-corrected chi connectivity index (χ4v) is 3.16. The van der Waals surface area contributed by atoms with Gasteiger partial charge in [0, 0.05) is 30.7 Å². The molecule has 2 rings (SSSR count). The van der Waals surface area contributed by atoms with Crippen LogP contribution in [0.5, 0.6) is 0 Å². The molecule has 0 spiro atoms. The van der Waals surface area contributed by atoms with E-state index in [1.165, 1.54) is 4.90 Å². The highest BCUT2D eigenvalue weighted by Gasteiger charge is 2.41. The van der Waals surface area contributed by atoms with Crippen molar-refractivity contribution < 1.29 is 17.6 Å². The van der Waals surface area contributed by atoms with Crippen LogP contribution in [0.25, 0.3) is 0 Å². The molecule has 0 bridgehead atoms. The minimum absolute atomic E-state index is 0.0596. The molecule has 0 saturated carbocycles. The van der Waals surface area contributed by atoms with Gasteiger partial charge in [0.2, 0.25) is 5.91 Å². The first-order valence-corrected chi connectivity index (χ1v) is 9.04. The zero-order chi connectivity index (χ0) is 15.7. The van der Waals surface area contributed by atoms with Gasteiger partial charge in [-0.05, 0) is 17.7 Å². The van der Waals surface area contributed by atoms with Crippen molar-refractivity contribution in [1.29, 1.82) is 0 Å². The van der Waals surface area contributed by atoms with Gasteiger partial charge in [0.05, 0.1) is 12.3 Å². The summed E-state index contributed by atoms with van der Waals surface area (Å²) in [5.74, 6) is -0.541. The molecule has 1 atom stereocenters. The second-order valence-corrected chi connectivity index (χ2v) is 8.12. The van der Waals surface area contributed by atoms with Crippen LogP contribution in [0, 0.1) is 0 Å². The van der Waals surface area contributed by atoms with Crippen LogP contribution in [-0.4, -0.2) is 44.3 Å². The van der Waals surface area contributed by atoms with Gasteiger partial charge in [0.1, 0.15) is 9.84 Å². The molecule has 116 valence electrons. The van der Waals surface area contributed by atoms with Crippen molar-refractivity contribution in [2.75, 3.05) is 25.1 Å². The Bertz CT molecular complexity index is 649. The minimum Gasteiger partial charge on any atom is -0.339 e. The van der Waals surface area contributed by atoms with Crippen molar-refractivity contribution >= 4 is 27.3 Å². The third kappa shape index (κ3) is 4.17. The molecule has 0 aliphatic carbocycles. The first-order chi connectivity index (χ1) is 9.70. The zero-order valence-electron chi connectivity index (χ0n) is 11.7. The number of benzene rings is 1. The lowest BCUT2D eigenvalue weighted by Crippen LogP contribution is -2.33. The van der Waals surface area contributed by atoms with E-state index in [1.54, 1.807) is 24.3 Å². The summed E-state index contributed by atoms with van der Waals surface area (Å²) >= 11 is 5.87. The summed E-state index contributed by atoms with van der Waals surface area (Å²) in [5, 5.41) is 0.450. The van der Waals surface area contributed by atoms with Gasteiger partial charge in [-0.3, -0.25) is 4.79 Å². The van der Waals surface area contributed by atoms with E-state index in [0.717, 1.165) is 6.26 Å². The molecule has 0 aromatic heterocycles. The summed E-state index contributed by atoms with van der Waals surface area (Å²) in [6, 6.07) is 6.55. The number of amides is 1. The molecule has 4 nitrogen and oxygen atoms in total. The van der Waals surface area contributed by atoms with Gasteiger partial charge < -0.3 is 4.90 Å². The van der Waals surface area contributed by atoms with Gasteiger partial charge in [-0.25, -0.2) is 12.8 Å². The van der Waals surface area contributed by atoms with Crippen LogP contribution in [-0.2, 0) is 20.3 Å². The fraction of sp³-hybridized carbons (Fsp3) is 0.500. The van der Waals surface area contributed by atoms with Crippen LogP contribution in [0.2, 0.25) is 5.02 Å². The SMILES string of the molecule is CS(=O)(=O)CCC(=O)N1CC[C@](F)(c2cccc(Cl)c2)C1. The first-order valence-electron chi connectivity index (χ1n) is 6.60. The predicted octanol–water partition coefficient (Wildman–Crippen LogP) is 2.17. The average molecular weight is 334 g/mol. The van der Waals surface area contributed by atoms with E-state index in [0.29, 0.717) is 10.6 Å². The number of carbonyl (C=O) groups is 1. The maximum Gasteiger partial charge on any atom is 0.223 e. The fourth-order valence-electron chi connectivity index (χ4n) is 2.42. The number of nitrogens with zero attached hydrogens (tertiary/aromatic N) is 1. The number of rotatable bonds is 4. The van der Waals surface area contributed by atoms with Crippen LogP contribution in [0.15, 0.2) is 24.3 Å². The molecule has 1 fully saturated rings. The van der Waals surface area contributed by atoms with Crippen molar-refractivity contribution in [2.24, 2.45) is 0 Å². The topological polar surface area (TPSA) is 54.5 Å². The summed E-state index contributed by atoms with van der Waals surface area (Å²) in [6.07, 6.45) is 1.16. The molecular formula is C14H17ClFNO3S. The van der Waals surface area contributed by atoms with E-state index in [4.69, 9.17) is 11.6 Å². The molecule has 1 aromatic carbocycles. The molecular weight excluding hydrogens is 317 g/mol. The van der Waals surface area contributed by atoms with E-state index in [1.807, 2.05) is 0 Å². The second kappa shape index (κ2) is 5.93. The lowest BCUT2D eigenvalue weighted by molar-refractivity contribution is -0.130. The van der Waals surface area contributed by atoms with E-state index in [2.05, 4.69) is 0 Å². The molecule has 1 heterocycles. The van der Waals surface area contributed by atoms with E-state index in [9.17, 15) is 17.6 Å². The Balaban J connectivity index is 2.04. The van der Waals surface area contributed by atoms with Crippen molar-refractivity contribution in [1.82, 2.24) is 4.90 Å². The molecule has 1 aliphatic rings. The summed E-state index contributed by atoms with van der Waals surface area (Å²) in [4.78, 5) is 13.3. The monoisotopic (exact) mass is 333 g/mol. The number of hydrogen-bond acceptors (Lipinski definition) is 3. The standard InChI is InChI=1S/C14H17ClFNO3S/c1-21(19,20)8-5-13(18)17-7-6-14(16,10-17)11-3-2-4-12(15)9-11/h2-4,9H,5-8,10H2,1H3/t14-/m1/s1. The predicted molar refractivity (Wildman–Crippen MR) is 79.8 cm³/mol. The highest BCUT2D eigenvalue weighted by atomic mass is 35.5. The molecule has 1 aliphatic heterocycles. The summed E-state index contributed by atoms with van der Waals surface area (Å²) < 4.78 is 37.1. The van der Waals surface area contributed by atoms with Crippen LogP contribution in [0.3, 0.4) is 0 Å². The van der Waals surface area contributed by atoms with Gasteiger partial charge in [0.15, 0.2) is 5.67 Å². The van der Waals surface area contributed by atoms with Crippen molar-refractivity contribution in [3.63, 3.8) is 0 Å². The Hall–Kier alpha value is -1.14. The lowest BCUT2D eigenvalue weighted by atomic mass is 9.95. The van der Waals surface area contributed by atoms with Gasteiger partial charge in [-0.2, -0.15) is 0 Å². The summed E-state index contributed by atoms with van der Waals surface area (Å²) in [6.45, 7) is 0.224. The van der Waals surface area contributed by atoms with Crippen molar-refractivity contribution in [3.05, 3.63) is 34.9 Å². The van der Waals surface area contributed by atoms with Gasteiger partial charge in [-0.1, -0.05) is 23.7 Å². The Labute approximate surface area is 128 Å². The van der Waals surface area contributed by atoms with E-state index in [-0.39, 0.29) is 37.6 Å². The Morgan fingerprint density at radius 1 is 1.48 bits per heavy atom. The van der Waals surface area contributed by atoms with Crippen LogP contribution < -0.4 is 0 Å². The van der Waals surface area contributed by atoms with Gasteiger partial charge >= 0.3 is 0 Å². The maximum absolute atomic E-state index is 14.9. The second-order valence-electron chi connectivity index (χ2n) is 5.42. The molecule has 1 aromatic rings. The molecule has 7 heteroatoms. The molecule has 1 amide bonds. The number of carbonyl (C=O) groups excluding carboxylic acids is 1. The first kappa shape index (κ1) is 16.2. The molecule has 0 radical (unpaired) electrons. The Kier molecular flexibility index (Phi) is 4.58. The minimum atomic E-state index is -3.19. The smallest absolute Gasteiger partial charge is 0.223 e. The zero-order valence-corrected chi connectivity index (χ0v) is 13.3. The molecule has 21 heavy (non-hydrogen) atoms. The van der Waals surface area contributed by atoms with E-state index >= 15 is 0 Å². The molecule has 1 saturated heterocycles. The third-order valence-electron chi connectivity index (χ3n) is 3.60. The summed E-state index contributed by atoms with van der Waals surface area (Å²) in [7, 11) is -3.19. The highest BCUT2D eigenvalue weighted by Crippen LogP contribution is 2.37. The van der Waals surface area contributed by atoms with E-state index < -0.39 is 15.5 Å². The largest absolute Gasteiger partial charge is 0.339 e. The van der Waals surface area contributed by atoms with Crippen molar-refractivity contribution in [2.45, 2.75) is 18.5 Å². The van der Waals surface area contributed by atoms with Gasteiger partial charge in [0.25, 0.3) is 0 Å². The number of hydrogen-bond donors (Lipinski definition) is 0. The average Bonchev–Trinajstić information content (AvgIpc) is 2.79. The number of likely N-dealkylation sites (tertiary alicyclic amines) is 1. The van der Waals surface area contributed by atoms with Crippen LogP contribution in [0.1, 0.15) is 18.4 Å². The maximum atomic E-state index is 14.9. The number of sulfone groups is 1. The number of alkyl halides is 1. The quantitative estimate of drug-likeness (QED) is 0.848.